The Morgan fingerprint density at radius 2 is 2.05 bits per heavy atom. The third kappa shape index (κ3) is 3.26. The van der Waals surface area contributed by atoms with E-state index in [0.717, 1.165) is 30.1 Å². The summed E-state index contributed by atoms with van der Waals surface area (Å²) in [6, 6.07) is 8.05. The Morgan fingerprint density at radius 1 is 1.21 bits per heavy atom. The monoisotopic (exact) mass is 259 g/mol. The Bertz CT molecular complexity index is 484. The summed E-state index contributed by atoms with van der Waals surface area (Å²) in [5, 5.41) is 3.28. The van der Waals surface area contributed by atoms with E-state index in [4.69, 9.17) is 4.74 Å². The van der Waals surface area contributed by atoms with Crippen molar-refractivity contribution in [1.29, 1.82) is 0 Å². The summed E-state index contributed by atoms with van der Waals surface area (Å²) < 4.78 is 5.87. The number of para-hydroxylation sites is 2. The standard InChI is InChI=1S/C15H21N3O/c1-2-6-12(7-3-1)19-11-10-16-15-17-13-8-4-5-9-14(13)18-15/h4-5,8-9,12H,1-3,6-7,10-11H2,(H2,16,17,18). The van der Waals surface area contributed by atoms with E-state index in [0.29, 0.717) is 6.10 Å². The fraction of sp³-hybridized carbons (Fsp3) is 0.533. The SMILES string of the molecule is c1ccc2[nH]c(NCCOC3CCCCC3)nc2c1. The molecule has 0 bridgehead atoms. The van der Waals surface area contributed by atoms with Crippen molar-refractivity contribution in [3.63, 3.8) is 0 Å². The number of nitrogens with one attached hydrogen (secondary N) is 2. The normalized spacial score (nSPS) is 16.8. The summed E-state index contributed by atoms with van der Waals surface area (Å²) in [5.74, 6) is 0.827. The van der Waals surface area contributed by atoms with Gasteiger partial charge in [0.15, 0.2) is 0 Å². The minimum Gasteiger partial charge on any atom is -0.376 e. The van der Waals surface area contributed by atoms with E-state index in [1.807, 2.05) is 24.3 Å². The third-order valence-electron chi connectivity index (χ3n) is 3.69. The van der Waals surface area contributed by atoms with Crippen LogP contribution in [0.15, 0.2) is 24.3 Å². The minimum absolute atomic E-state index is 0.478. The lowest BCUT2D eigenvalue weighted by Gasteiger charge is -2.21. The van der Waals surface area contributed by atoms with Gasteiger partial charge in [-0.3, -0.25) is 0 Å². The number of rotatable bonds is 5. The predicted molar refractivity (Wildman–Crippen MR) is 77.4 cm³/mol. The number of hydrogen-bond donors (Lipinski definition) is 2. The fourth-order valence-corrected chi connectivity index (χ4v) is 2.66. The Hall–Kier alpha value is -1.55. The first-order chi connectivity index (χ1) is 9.42. The summed E-state index contributed by atoms with van der Waals surface area (Å²) in [7, 11) is 0. The van der Waals surface area contributed by atoms with Gasteiger partial charge in [0.2, 0.25) is 5.95 Å². The molecular weight excluding hydrogens is 238 g/mol. The highest BCUT2D eigenvalue weighted by molar-refractivity contribution is 5.77. The molecule has 1 aromatic carbocycles. The molecule has 1 heterocycles. The molecule has 0 unspecified atom stereocenters. The number of aromatic nitrogens is 2. The van der Waals surface area contributed by atoms with E-state index < -0.39 is 0 Å². The molecule has 1 aromatic heterocycles. The number of H-pyrrole nitrogens is 1. The lowest BCUT2D eigenvalue weighted by Crippen LogP contribution is -2.20. The molecule has 3 rings (SSSR count). The van der Waals surface area contributed by atoms with Gasteiger partial charge in [-0.05, 0) is 25.0 Å². The van der Waals surface area contributed by atoms with E-state index in [-0.39, 0.29) is 0 Å². The summed E-state index contributed by atoms with van der Waals surface area (Å²) in [6.07, 6.45) is 6.95. The van der Waals surface area contributed by atoms with Crippen LogP contribution in [-0.4, -0.2) is 29.2 Å². The molecule has 0 aliphatic heterocycles. The molecule has 0 radical (unpaired) electrons. The molecular formula is C15H21N3O. The van der Waals surface area contributed by atoms with E-state index in [1.165, 1.54) is 32.1 Å². The molecule has 1 aliphatic carbocycles. The van der Waals surface area contributed by atoms with Crippen molar-refractivity contribution < 1.29 is 4.74 Å². The van der Waals surface area contributed by atoms with Gasteiger partial charge in [-0.1, -0.05) is 31.4 Å². The topological polar surface area (TPSA) is 49.9 Å². The van der Waals surface area contributed by atoms with Crippen LogP contribution in [0.5, 0.6) is 0 Å². The maximum absolute atomic E-state index is 5.87. The van der Waals surface area contributed by atoms with E-state index in [9.17, 15) is 0 Å². The number of hydrogen-bond acceptors (Lipinski definition) is 3. The Labute approximate surface area is 113 Å². The van der Waals surface area contributed by atoms with Crippen molar-refractivity contribution >= 4 is 17.0 Å². The molecule has 102 valence electrons. The molecule has 2 N–H and O–H groups in total. The van der Waals surface area contributed by atoms with Crippen LogP contribution < -0.4 is 5.32 Å². The average molecular weight is 259 g/mol. The number of nitrogens with zero attached hydrogens (tertiary/aromatic N) is 1. The van der Waals surface area contributed by atoms with Crippen LogP contribution >= 0.6 is 0 Å². The van der Waals surface area contributed by atoms with Gasteiger partial charge in [0.25, 0.3) is 0 Å². The molecule has 1 fully saturated rings. The molecule has 1 aliphatic rings. The smallest absolute Gasteiger partial charge is 0.201 e. The molecule has 2 aromatic rings. The summed E-state index contributed by atoms with van der Waals surface area (Å²) in [4.78, 5) is 7.73. The minimum atomic E-state index is 0.478. The molecule has 19 heavy (non-hydrogen) atoms. The zero-order valence-corrected chi connectivity index (χ0v) is 11.2. The zero-order valence-electron chi connectivity index (χ0n) is 11.2. The maximum atomic E-state index is 5.87. The molecule has 0 amide bonds. The quantitative estimate of drug-likeness (QED) is 0.810. The van der Waals surface area contributed by atoms with E-state index >= 15 is 0 Å². The van der Waals surface area contributed by atoms with Crippen LogP contribution in [0.25, 0.3) is 11.0 Å². The first-order valence-corrected chi connectivity index (χ1v) is 7.22. The van der Waals surface area contributed by atoms with Gasteiger partial charge >= 0.3 is 0 Å². The predicted octanol–water partition coefficient (Wildman–Crippen LogP) is 3.32. The fourth-order valence-electron chi connectivity index (χ4n) is 2.66. The van der Waals surface area contributed by atoms with E-state index in [2.05, 4.69) is 15.3 Å². The second-order valence-electron chi connectivity index (χ2n) is 5.16. The second kappa shape index (κ2) is 6.06. The first kappa shape index (κ1) is 12.5. The van der Waals surface area contributed by atoms with Crippen molar-refractivity contribution in [2.45, 2.75) is 38.2 Å². The Kier molecular flexibility index (Phi) is 3.98. The van der Waals surface area contributed by atoms with Crippen LogP contribution in [0.4, 0.5) is 5.95 Å². The maximum Gasteiger partial charge on any atom is 0.201 e. The highest BCUT2D eigenvalue weighted by Gasteiger charge is 2.13. The van der Waals surface area contributed by atoms with Crippen molar-refractivity contribution in [2.24, 2.45) is 0 Å². The second-order valence-corrected chi connectivity index (χ2v) is 5.16. The third-order valence-corrected chi connectivity index (χ3v) is 3.69. The van der Waals surface area contributed by atoms with Gasteiger partial charge in [0.1, 0.15) is 0 Å². The summed E-state index contributed by atoms with van der Waals surface area (Å²) >= 11 is 0. The van der Waals surface area contributed by atoms with E-state index in [1.54, 1.807) is 0 Å². The van der Waals surface area contributed by atoms with Gasteiger partial charge < -0.3 is 15.0 Å². The lowest BCUT2D eigenvalue weighted by molar-refractivity contribution is 0.0347. The number of imidazole rings is 1. The van der Waals surface area contributed by atoms with Crippen LogP contribution in [0.1, 0.15) is 32.1 Å². The molecule has 0 saturated heterocycles. The van der Waals surface area contributed by atoms with Crippen LogP contribution in [0.3, 0.4) is 0 Å². The molecule has 4 heteroatoms. The zero-order chi connectivity index (χ0) is 12.9. The van der Waals surface area contributed by atoms with Gasteiger partial charge in [-0.25, -0.2) is 4.98 Å². The Balaban J connectivity index is 1.44. The first-order valence-electron chi connectivity index (χ1n) is 7.22. The van der Waals surface area contributed by atoms with Crippen molar-refractivity contribution in [2.75, 3.05) is 18.5 Å². The molecule has 4 nitrogen and oxygen atoms in total. The van der Waals surface area contributed by atoms with Crippen LogP contribution in [0, 0.1) is 0 Å². The van der Waals surface area contributed by atoms with Crippen LogP contribution in [-0.2, 0) is 4.74 Å². The number of fused-ring (bicyclic) bond motifs is 1. The molecule has 0 spiro atoms. The largest absolute Gasteiger partial charge is 0.376 e. The number of aromatic amines is 1. The van der Waals surface area contributed by atoms with Gasteiger partial charge in [0, 0.05) is 6.54 Å². The number of benzene rings is 1. The highest BCUT2D eigenvalue weighted by atomic mass is 16.5. The van der Waals surface area contributed by atoms with Crippen molar-refractivity contribution in [1.82, 2.24) is 9.97 Å². The average Bonchev–Trinajstić information content (AvgIpc) is 2.87. The molecule has 0 atom stereocenters. The number of ether oxygens (including phenoxy) is 1. The van der Waals surface area contributed by atoms with Crippen molar-refractivity contribution in [3.05, 3.63) is 24.3 Å². The van der Waals surface area contributed by atoms with Gasteiger partial charge in [0.05, 0.1) is 23.7 Å². The Morgan fingerprint density at radius 3 is 2.89 bits per heavy atom. The van der Waals surface area contributed by atoms with Gasteiger partial charge in [-0.15, -0.1) is 0 Å². The summed E-state index contributed by atoms with van der Waals surface area (Å²) in [5.41, 5.74) is 2.07. The van der Waals surface area contributed by atoms with Crippen LogP contribution in [0.2, 0.25) is 0 Å². The van der Waals surface area contributed by atoms with Gasteiger partial charge in [-0.2, -0.15) is 0 Å². The van der Waals surface area contributed by atoms with Crippen molar-refractivity contribution in [3.8, 4) is 0 Å². The highest BCUT2D eigenvalue weighted by Crippen LogP contribution is 2.20. The summed E-state index contributed by atoms with van der Waals surface area (Å²) in [6.45, 7) is 1.55. The number of anilines is 1. The molecule has 1 saturated carbocycles. The lowest BCUT2D eigenvalue weighted by atomic mass is 9.98.